The Balaban J connectivity index is 2.17. The number of likely N-dealkylation sites (N-methyl/N-ethyl adjacent to an activating group) is 1. The van der Waals surface area contributed by atoms with Crippen molar-refractivity contribution in [3.63, 3.8) is 0 Å². The van der Waals surface area contributed by atoms with Crippen LogP contribution in [0, 0.1) is 0 Å². The molecule has 1 atom stereocenters. The summed E-state index contributed by atoms with van der Waals surface area (Å²) in [5.41, 5.74) is 0. The van der Waals surface area contributed by atoms with Crippen molar-refractivity contribution in [2.75, 3.05) is 58.3 Å². The first-order valence-corrected chi connectivity index (χ1v) is 8.06. The second kappa shape index (κ2) is 9.20. The number of hydrogen-bond donors (Lipinski definition) is 1. The molecule has 4 heteroatoms. The summed E-state index contributed by atoms with van der Waals surface area (Å²) in [7, 11) is 4.31. The van der Waals surface area contributed by atoms with E-state index in [1.54, 1.807) is 0 Å². The van der Waals surface area contributed by atoms with Gasteiger partial charge in [-0.15, -0.1) is 0 Å². The zero-order valence-corrected chi connectivity index (χ0v) is 12.6. The molecule has 0 radical (unpaired) electrons. The Bertz CT molecular complexity index is 182. The van der Waals surface area contributed by atoms with Gasteiger partial charge in [-0.25, -0.2) is 0 Å². The third-order valence-corrected chi connectivity index (χ3v) is 4.33. The molecule has 0 aromatic rings. The fourth-order valence-electron chi connectivity index (χ4n) is 2.14. The van der Waals surface area contributed by atoms with E-state index in [0.717, 1.165) is 6.04 Å². The van der Waals surface area contributed by atoms with Crippen LogP contribution in [-0.4, -0.2) is 74.2 Å². The van der Waals surface area contributed by atoms with Crippen LogP contribution in [0.3, 0.4) is 0 Å². The summed E-state index contributed by atoms with van der Waals surface area (Å²) in [6.45, 7) is 8.35. The van der Waals surface area contributed by atoms with E-state index in [9.17, 15) is 0 Å². The van der Waals surface area contributed by atoms with Crippen molar-refractivity contribution in [1.29, 1.82) is 0 Å². The Hall–Kier alpha value is 0.230. The molecule has 0 aromatic carbocycles. The number of hydrogen-bond acceptors (Lipinski definition) is 4. The maximum atomic E-state index is 3.62. The zero-order valence-electron chi connectivity index (χ0n) is 11.7. The maximum absolute atomic E-state index is 3.62. The van der Waals surface area contributed by atoms with Gasteiger partial charge in [0.2, 0.25) is 0 Å². The van der Waals surface area contributed by atoms with Crippen LogP contribution < -0.4 is 5.32 Å². The molecule has 1 saturated heterocycles. The number of nitrogens with zero attached hydrogens (tertiary/aromatic N) is 2. The zero-order chi connectivity index (χ0) is 12.5. The largest absolute Gasteiger partial charge is 0.312 e. The fourth-order valence-corrected chi connectivity index (χ4v) is 3.13. The quantitative estimate of drug-likeness (QED) is 0.709. The minimum atomic E-state index is 0.743. The normalized spacial score (nSPS) is 21.4. The molecule has 1 aliphatic rings. The molecule has 3 nitrogen and oxygen atoms in total. The van der Waals surface area contributed by atoms with Gasteiger partial charge in [-0.2, -0.15) is 11.8 Å². The number of rotatable bonds is 8. The summed E-state index contributed by atoms with van der Waals surface area (Å²) in [6, 6.07) is 0.743. The molecule has 1 fully saturated rings. The summed E-state index contributed by atoms with van der Waals surface area (Å²) in [5.74, 6) is 2.59. The molecule has 0 spiro atoms. The Kier molecular flexibility index (Phi) is 8.27. The predicted molar refractivity (Wildman–Crippen MR) is 79.0 cm³/mol. The summed E-state index contributed by atoms with van der Waals surface area (Å²) < 4.78 is 0. The lowest BCUT2D eigenvalue weighted by Gasteiger charge is -2.28. The first kappa shape index (κ1) is 15.3. The lowest BCUT2D eigenvalue weighted by Crippen LogP contribution is -2.41. The molecule has 1 aliphatic heterocycles. The van der Waals surface area contributed by atoms with E-state index >= 15 is 0 Å². The standard InChI is InChI=1S/C13H29N3S/c1-4-7-16(10-9-15(2)3)8-5-13-12-17-11-6-14-13/h13-14H,4-12H2,1-3H3. The van der Waals surface area contributed by atoms with Crippen LogP contribution in [0.2, 0.25) is 0 Å². The summed E-state index contributed by atoms with van der Waals surface area (Å²) in [6.07, 6.45) is 2.57. The van der Waals surface area contributed by atoms with Gasteiger partial charge >= 0.3 is 0 Å². The minimum absolute atomic E-state index is 0.743. The second-order valence-electron chi connectivity index (χ2n) is 5.16. The van der Waals surface area contributed by atoms with Crippen LogP contribution in [-0.2, 0) is 0 Å². The molecule has 1 N–H and O–H groups in total. The van der Waals surface area contributed by atoms with Crippen LogP contribution in [0.1, 0.15) is 19.8 Å². The van der Waals surface area contributed by atoms with Crippen molar-refractivity contribution in [3.05, 3.63) is 0 Å². The molecule has 1 rings (SSSR count). The topological polar surface area (TPSA) is 18.5 Å². The predicted octanol–water partition coefficient (Wildman–Crippen LogP) is 1.36. The van der Waals surface area contributed by atoms with Crippen molar-refractivity contribution in [2.45, 2.75) is 25.8 Å². The molecule has 0 amide bonds. The fraction of sp³-hybridized carbons (Fsp3) is 1.00. The Morgan fingerprint density at radius 3 is 2.59 bits per heavy atom. The van der Waals surface area contributed by atoms with Gasteiger partial charge < -0.3 is 15.1 Å². The number of nitrogens with one attached hydrogen (secondary N) is 1. The Morgan fingerprint density at radius 2 is 2.00 bits per heavy atom. The van der Waals surface area contributed by atoms with Crippen LogP contribution in [0.4, 0.5) is 0 Å². The third-order valence-electron chi connectivity index (χ3n) is 3.20. The minimum Gasteiger partial charge on any atom is -0.312 e. The summed E-state index contributed by atoms with van der Waals surface area (Å²) >= 11 is 2.10. The van der Waals surface area contributed by atoms with Gasteiger partial charge in [0.15, 0.2) is 0 Å². The second-order valence-corrected chi connectivity index (χ2v) is 6.31. The molecule has 17 heavy (non-hydrogen) atoms. The molecule has 0 aliphatic carbocycles. The third kappa shape index (κ3) is 7.29. The SMILES string of the molecule is CCCN(CCC1CSCCN1)CCN(C)C. The highest BCUT2D eigenvalue weighted by Gasteiger charge is 2.14. The monoisotopic (exact) mass is 259 g/mol. The van der Waals surface area contributed by atoms with Crippen LogP contribution in [0.5, 0.6) is 0 Å². The van der Waals surface area contributed by atoms with E-state index in [0.29, 0.717) is 0 Å². The van der Waals surface area contributed by atoms with E-state index in [1.807, 2.05) is 0 Å². The summed E-state index contributed by atoms with van der Waals surface area (Å²) in [5, 5.41) is 3.62. The first-order valence-electron chi connectivity index (χ1n) is 6.90. The molecule has 0 saturated carbocycles. The lowest BCUT2D eigenvalue weighted by atomic mass is 10.2. The molecule has 102 valence electrons. The highest BCUT2D eigenvalue weighted by molar-refractivity contribution is 7.99. The van der Waals surface area contributed by atoms with Gasteiger partial charge in [-0.3, -0.25) is 0 Å². The maximum Gasteiger partial charge on any atom is 0.0170 e. The van der Waals surface area contributed by atoms with Crippen LogP contribution in [0.15, 0.2) is 0 Å². The van der Waals surface area contributed by atoms with Crippen molar-refractivity contribution >= 4 is 11.8 Å². The van der Waals surface area contributed by atoms with Gasteiger partial charge in [0.25, 0.3) is 0 Å². The van der Waals surface area contributed by atoms with Crippen molar-refractivity contribution in [3.8, 4) is 0 Å². The highest BCUT2D eigenvalue weighted by Crippen LogP contribution is 2.10. The molecule has 0 aromatic heterocycles. The van der Waals surface area contributed by atoms with Gasteiger partial charge in [0.1, 0.15) is 0 Å². The Morgan fingerprint density at radius 1 is 1.18 bits per heavy atom. The van der Waals surface area contributed by atoms with E-state index in [4.69, 9.17) is 0 Å². The van der Waals surface area contributed by atoms with Crippen molar-refractivity contribution in [2.24, 2.45) is 0 Å². The van der Waals surface area contributed by atoms with Crippen molar-refractivity contribution in [1.82, 2.24) is 15.1 Å². The van der Waals surface area contributed by atoms with Crippen LogP contribution in [0.25, 0.3) is 0 Å². The summed E-state index contributed by atoms with van der Waals surface area (Å²) in [4.78, 5) is 4.89. The molecule has 0 bridgehead atoms. The lowest BCUT2D eigenvalue weighted by molar-refractivity contribution is 0.231. The molecular weight excluding hydrogens is 230 g/mol. The van der Waals surface area contributed by atoms with E-state index in [1.165, 1.54) is 57.1 Å². The van der Waals surface area contributed by atoms with Gasteiger partial charge in [0.05, 0.1) is 0 Å². The van der Waals surface area contributed by atoms with Gasteiger partial charge in [0, 0.05) is 37.2 Å². The average molecular weight is 259 g/mol. The van der Waals surface area contributed by atoms with E-state index < -0.39 is 0 Å². The van der Waals surface area contributed by atoms with E-state index in [2.05, 4.69) is 47.9 Å². The average Bonchev–Trinajstić information content (AvgIpc) is 2.34. The molecule has 1 unspecified atom stereocenters. The first-order chi connectivity index (χ1) is 8.22. The molecule has 1 heterocycles. The van der Waals surface area contributed by atoms with Gasteiger partial charge in [-0.05, 0) is 40.0 Å². The van der Waals surface area contributed by atoms with Gasteiger partial charge in [-0.1, -0.05) is 6.92 Å². The Labute approximate surface area is 111 Å². The number of thioether (sulfide) groups is 1. The van der Waals surface area contributed by atoms with Crippen LogP contribution >= 0.6 is 11.8 Å². The highest BCUT2D eigenvalue weighted by atomic mass is 32.2. The molecular formula is C13H29N3S. The smallest absolute Gasteiger partial charge is 0.0170 e. The van der Waals surface area contributed by atoms with E-state index in [-0.39, 0.29) is 0 Å². The van der Waals surface area contributed by atoms with Crippen molar-refractivity contribution < 1.29 is 0 Å².